The van der Waals surface area contributed by atoms with Gasteiger partial charge in [0.1, 0.15) is 5.76 Å². The SMILES string of the molecule is Cc1noc(C)c1CN1CCc2c(C(=O)NC(C)(C)CO)csc2C1. The highest BCUT2D eigenvalue weighted by Gasteiger charge is 2.27. The number of amides is 1. The van der Waals surface area contributed by atoms with Crippen molar-refractivity contribution in [2.75, 3.05) is 13.2 Å². The molecule has 0 aromatic carbocycles. The van der Waals surface area contributed by atoms with E-state index < -0.39 is 5.54 Å². The van der Waals surface area contributed by atoms with E-state index >= 15 is 0 Å². The molecule has 0 fully saturated rings. The number of fused-ring (bicyclic) bond motifs is 1. The summed E-state index contributed by atoms with van der Waals surface area (Å²) in [6.45, 7) is 10.0. The van der Waals surface area contributed by atoms with Crippen molar-refractivity contribution in [3.63, 3.8) is 0 Å². The van der Waals surface area contributed by atoms with Crippen LogP contribution in [0.4, 0.5) is 0 Å². The van der Waals surface area contributed by atoms with Crippen molar-refractivity contribution in [2.24, 2.45) is 0 Å². The molecule has 0 unspecified atom stereocenters. The predicted octanol–water partition coefficient (Wildman–Crippen LogP) is 2.41. The van der Waals surface area contributed by atoms with Crippen molar-refractivity contribution in [3.8, 4) is 0 Å². The van der Waals surface area contributed by atoms with Gasteiger partial charge in [-0.15, -0.1) is 11.3 Å². The molecule has 1 aliphatic heterocycles. The fourth-order valence-electron chi connectivity index (χ4n) is 3.07. The van der Waals surface area contributed by atoms with Crippen LogP contribution in [-0.2, 0) is 19.5 Å². The number of thiophene rings is 1. The zero-order valence-corrected chi connectivity index (χ0v) is 16.0. The first kappa shape index (κ1) is 18.1. The molecule has 0 saturated carbocycles. The second-order valence-electron chi connectivity index (χ2n) is 7.31. The number of aryl methyl sites for hydroxylation is 2. The van der Waals surface area contributed by atoms with Crippen LogP contribution < -0.4 is 5.32 Å². The molecule has 7 heteroatoms. The fraction of sp³-hybridized carbons (Fsp3) is 0.556. The number of carbonyl (C=O) groups excluding carboxylic acids is 1. The summed E-state index contributed by atoms with van der Waals surface area (Å²) in [5.41, 5.74) is 3.38. The van der Waals surface area contributed by atoms with Gasteiger partial charge in [-0.2, -0.15) is 0 Å². The van der Waals surface area contributed by atoms with Crippen molar-refractivity contribution in [1.29, 1.82) is 0 Å². The van der Waals surface area contributed by atoms with Crippen LogP contribution in [0.25, 0.3) is 0 Å². The third-order valence-corrected chi connectivity index (χ3v) is 5.69. The molecule has 0 aliphatic carbocycles. The van der Waals surface area contributed by atoms with E-state index in [0.717, 1.165) is 54.2 Å². The largest absolute Gasteiger partial charge is 0.394 e. The van der Waals surface area contributed by atoms with Gasteiger partial charge in [-0.25, -0.2) is 0 Å². The lowest BCUT2D eigenvalue weighted by atomic mass is 10.0. The number of hydrogen-bond acceptors (Lipinski definition) is 6. The summed E-state index contributed by atoms with van der Waals surface area (Å²) >= 11 is 1.63. The van der Waals surface area contributed by atoms with Crippen LogP contribution >= 0.6 is 11.3 Å². The molecule has 1 amide bonds. The van der Waals surface area contributed by atoms with E-state index in [4.69, 9.17) is 4.52 Å². The second-order valence-corrected chi connectivity index (χ2v) is 8.27. The topological polar surface area (TPSA) is 78.6 Å². The van der Waals surface area contributed by atoms with Crippen LogP contribution in [0.2, 0.25) is 0 Å². The molecule has 2 aromatic rings. The highest BCUT2D eigenvalue weighted by molar-refractivity contribution is 7.10. The van der Waals surface area contributed by atoms with E-state index in [-0.39, 0.29) is 12.5 Å². The molecule has 0 radical (unpaired) electrons. The molecule has 1 aliphatic rings. The van der Waals surface area contributed by atoms with Gasteiger partial charge in [0, 0.05) is 35.5 Å². The highest BCUT2D eigenvalue weighted by atomic mass is 32.1. The van der Waals surface area contributed by atoms with Crippen molar-refractivity contribution in [2.45, 2.75) is 52.7 Å². The summed E-state index contributed by atoms with van der Waals surface area (Å²) in [5.74, 6) is 0.775. The number of hydrogen-bond donors (Lipinski definition) is 2. The fourth-order valence-corrected chi connectivity index (χ4v) is 4.19. The zero-order chi connectivity index (χ0) is 18.2. The summed E-state index contributed by atoms with van der Waals surface area (Å²) in [4.78, 5) is 16.1. The molecule has 3 heterocycles. The van der Waals surface area contributed by atoms with Gasteiger partial charge in [0.2, 0.25) is 0 Å². The van der Waals surface area contributed by atoms with E-state index in [1.807, 2.05) is 33.1 Å². The first-order valence-corrected chi connectivity index (χ1v) is 9.35. The third kappa shape index (κ3) is 3.78. The normalized spacial score (nSPS) is 15.2. The van der Waals surface area contributed by atoms with Crippen LogP contribution in [0, 0.1) is 13.8 Å². The first-order chi connectivity index (χ1) is 11.8. The molecule has 6 nitrogen and oxygen atoms in total. The summed E-state index contributed by atoms with van der Waals surface area (Å²) in [7, 11) is 0. The van der Waals surface area contributed by atoms with Crippen LogP contribution in [0.15, 0.2) is 9.90 Å². The Kier molecular flexibility index (Phi) is 4.99. The monoisotopic (exact) mass is 363 g/mol. The molecule has 0 saturated heterocycles. The molecule has 3 rings (SSSR count). The summed E-state index contributed by atoms with van der Waals surface area (Å²) in [5, 5.41) is 18.2. The predicted molar refractivity (Wildman–Crippen MR) is 96.7 cm³/mol. The van der Waals surface area contributed by atoms with E-state index in [2.05, 4.69) is 15.4 Å². The zero-order valence-electron chi connectivity index (χ0n) is 15.2. The Balaban J connectivity index is 1.72. The smallest absolute Gasteiger partial charge is 0.252 e. The second kappa shape index (κ2) is 6.90. The Morgan fingerprint density at radius 3 is 2.88 bits per heavy atom. The Hall–Kier alpha value is -1.70. The number of nitrogens with one attached hydrogen (secondary N) is 1. The minimum absolute atomic E-state index is 0.0870. The van der Waals surface area contributed by atoms with Crippen LogP contribution in [0.3, 0.4) is 0 Å². The highest BCUT2D eigenvalue weighted by Crippen LogP contribution is 2.30. The van der Waals surface area contributed by atoms with Gasteiger partial charge in [-0.05, 0) is 39.7 Å². The van der Waals surface area contributed by atoms with E-state index in [1.54, 1.807) is 11.3 Å². The molecule has 0 spiro atoms. The van der Waals surface area contributed by atoms with Gasteiger partial charge in [0.05, 0.1) is 23.4 Å². The maximum Gasteiger partial charge on any atom is 0.252 e. The lowest BCUT2D eigenvalue weighted by molar-refractivity contribution is 0.0868. The van der Waals surface area contributed by atoms with Gasteiger partial charge in [0.25, 0.3) is 5.91 Å². The van der Waals surface area contributed by atoms with Crippen LogP contribution in [0.5, 0.6) is 0 Å². The van der Waals surface area contributed by atoms with Gasteiger partial charge in [-0.1, -0.05) is 5.16 Å². The van der Waals surface area contributed by atoms with Gasteiger partial charge in [-0.3, -0.25) is 9.69 Å². The first-order valence-electron chi connectivity index (χ1n) is 8.47. The van der Waals surface area contributed by atoms with Gasteiger partial charge in [0.15, 0.2) is 0 Å². The maximum absolute atomic E-state index is 12.5. The molecule has 0 bridgehead atoms. The molecule has 0 atom stereocenters. The average molecular weight is 363 g/mol. The third-order valence-electron chi connectivity index (χ3n) is 4.68. The number of carbonyl (C=O) groups is 1. The van der Waals surface area contributed by atoms with Crippen molar-refractivity contribution >= 4 is 17.2 Å². The van der Waals surface area contributed by atoms with E-state index in [1.165, 1.54) is 4.88 Å². The number of nitrogens with zero attached hydrogens (tertiary/aromatic N) is 2. The molecular weight excluding hydrogens is 338 g/mol. The molecule has 2 aromatic heterocycles. The van der Waals surface area contributed by atoms with Crippen molar-refractivity contribution < 1.29 is 14.4 Å². The molecule has 136 valence electrons. The quantitative estimate of drug-likeness (QED) is 0.853. The minimum Gasteiger partial charge on any atom is -0.394 e. The number of aliphatic hydroxyl groups is 1. The molecule has 2 N–H and O–H groups in total. The van der Waals surface area contributed by atoms with Crippen LogP contribution in [0.1, 0.15) is 51.7 Å². The maximum atomic E-state index is 12.5. The van der Waals surface area contributed by atoms with E-state index in [0.29, 0.717) is 0 Å². The van der Waals surface area contributed by atoms with Crippen molar-refractivity contribution in [3.05, 3.63) is 38.4 Å². The standard InChI is InChI=1S/C18H25N3O3S/c1-11-14(12(2)24-20-11)7-21-6-5-13-15(9-25-16(13)8-21)17(23)19-18(3,4)10-22/h9,22H,5-8,10H2,1-4H3,(H,19,23). The Labute approximate surface area is 151 Å². The minimum atomic E-state index is -0.615. The van der Waals surface area contributed by atoms with Gasteiger partial charge >= 0.3 is 0 Å². The summed E-state index contributed by atoms with van der Waals surface area (Å²) in [6, 6.07) is 0. The Morgan fingerprint density at radius 1 is 1.48 bits per heavy atom. The lowest BCUT2D eigenvalue weighted by Crippen LogP contribution is -2.46. The van der Waals surface area contributed by atoms with E-state index in [9.17, 15) is 9.90 Å². The van der Waals surface area contributed by atoms with Gasteiger partial charge < -0.3 is 14.9 Å². The van der Waals surface area contributed by atoms with Crippen molar-refractivity contribution in [1.82, 2.24) is 15.4 Å². The summed E-state index contributed by atoms with van der Waals surface area (Å²) < 4.78 is 5.25. The van der Waals surface area contributed by atoms with Crippen LogP contribution in [-0.4, -0.2) is 39.8 Å². The molecular formula is C18H25N3O3S. The summed E-state index contributed by atoms with van der Waals surface area (Å²) in [6.07, 6.45) is 0.852. The average Bonchev–Trinajstić information content (AvgIpc) is 3.12. The number of aliphatic hydroxyl groups excluding tert-OH is 1. The number of aromatic nitrogens is 1. The Morgan fingerprint density at radius 2 is 2.24 bits per heavy atom. The lowest BCUT2D eigenvalue weighted by Gasteiger charge is -2.28. The number of rotatable bonds is 5. The Bertz CT molecular complexity index is 759. The molecule has 25 heavy (non-hydrogen) atoms.